The van der Waals surface area contributed by atoms with Gasteiger partial charge in [0.25, 0.3) is 0 Å². The van der Waals surface area contributed by atoms with Crippen LogP contribution >= 0.6 is 0 Å². The van der Waals surface area contributed by atoms with E-state index in [1.807, 2.05) is 31.2 Å². The summed E-state index contributed by atoms with van der Waals surface area (Å²) in [6, 6.07) is 8.92. The van der Waals surface area contributed by atoms with Crippen molar-refractivity contribution >= 4 is 19.7 Å². The normalized spacial score (nSPS) is 11.2. The molecule has 1 aromatic carbocycles. The van der Waals surface area contributed by atoms with Crippen LogP contribution in [0.5, 0.6) is 0 Å². The number of hydrogen-bond donors (Lipinski definition) is 1. The molecule has 4 heteroatoms. The monoisotopic (exact) mass is 307 g/mol. The molecule has 0 aliphatic rings. The molecule has 118 valence electrons. The molecule has 1 N–H and O–H groups in total. The standard InChI is InChI=1S/C17H29NO2Si/c1-5-20-17(19)15-9-11-16(12-10-15)18-13-7-6-8-14-21(2,3)4/h9-12,18H,5-8,13-14H2,1-4H3. The van der Waals surface area contributed by atoms with Crippen molar-refractivity contribution in [3.05, 3.63) is 29.8 Å². The summed E-state index contributed by atoms with van der Waals surface area (Å²) < 4.78 is 4.96. The van der Waals surface area contributed by atoms with Gasteiger partial charge in [-0.3, -0.25) is 0 Å². The lowest BCUT2D eigenvalue weighted by molar-refractivity contribution is 0.0526. The highest BCUT2D eigenvalue weighted by Crippen LogP contribution is 2.14. The molecule has 0 heterocycles. The van der Waals surface area contributed by atoms with Crippen molar-refractivity contribution in [2.24, 2.45) is 0 Å². The maximum Gasteiger partial charge on any atom is 0.338 e. The Labute approximate surface area is 130 Å². The van der Waals surface area contributed by atoms with Gasteiger partial charge in [-0.15, -0.1) is 0 Å². The first-order chi connectivity index (χ1) is 9.92. The van der Waals surface area contributed by atoms with Crippen LogP contribution in [0.15, 0.2) is 24.3 Å². The molecule has 0 aliphatic carbocycles. The summed E-state index contributed by atoms with van der Waals surface area (Å²) in [6.07, 6.45) is 3.83. The number of carbonyl (C=O) groups excluding carboxylic acids is 1. The van der Waals surface area contributed by atoms with Crippen LogP contribution in [0, 0.1) is 0 Å². The summed E-state index contributed by atoms with van der Waals surface area (Å²) in [7, 11) is -0.870. The molecule has 0 spiro atoms. The summed E-state index contributed by atoms with van der Waals surface area (Å²) in [6.45, 7) is 10.5. The molecule has 21 heavy (non-hydrogen) atoms. The van der Waals surface area contributed by atoms with E-state index in [-0.39, 0.29) is 5.97 Å². The molecule has 0 fully saturated rings. The smallest absolute Gasteiger partial charge is 0.338 e. The minimum atomic E-state index is -0.870. The Hall–Kier alpha value is -1.29. The lowest BCUT2D eigenvalue weighted by Crippen LogP contribution is -2.18. The molecular weight excluding hydrogens is 278 g/mol. The largest absolute Gasteiger partial charge is 0.462 e. The molecule has 0 bridgehead atoms. The number of nitrogens with one attached hydrogen (secondary N) is 1. The minimum Gasteiger partial charge on any atom is -0.462 e. The molecule has 0 amide bonds. The zero-order valence-electron chi connectivity index (χ0n) is 13.9. The molecule has 0 unspecified atom stereocenters. The predicted octanol–water partition coefficient (Wildman–Crippen LogP) is 4.78. The summed E-state index contributed by atoms with van der Waals surface area (Å²) in [5.74, 6) is -0.254. The number of rotatable bonds is 9. The third-order valence-corrected chi connectivity index (χ3v) is 5.18. The van der Waals surface area contributed by atoms with Crippen molar-refractivity contribution in [2.75, 3.05) is 18.5 Å². The molecule has 0 aliphatic heterocycles. The number of ether oxygens (including phenoxy) is 1. The molecule has 0 saturated carbocycles. The second-order valence-electron chi connectivity index (χ2n) is 6.60. The molecule has 1 aromatic rings. The van der Waals surface area contributed by atoms with E-state index >= 15 is 0 Å². The number of benzene rings is 1. The summed E-state index contributed by atoms with van der Waals surface area (Å²) in [4.78, 5) is 11.5. The van der Waals surface area contributed by atoms with Gasteiger partial charge in [-0.1, -0.05) is 38.5 Å². The van der Waals surface area contributed by atoms with Gasteiger partial charge >= 0.3 is 5.97 Å². The molecule has 3 nitrogen and oxygen atoms in total. The average molecular weight is 308 g/mol. The van der Waals surface area contributed by atoms with Gasteiger partial charge in [-0.25, -0.2) is 4.79 Å². The van der Waals surface area contributed by atoms with E-state index in [4.69, 9.17) is 4.74 Å². The van der Waals surface area contributed by atoms with Crippen molar-refractivity contribution in [3.63, 3.8) is 0 Å². The van der Waals surface area contributed by atoms with Crippen molar-refractivity contribution in [1.29, 1.82) is 0 Å². The average Bonchev–Trinajstić information content (AvgIpc) is 2.42. The first-order valence-corrected chi connectivity index (χ1v) is 11.6. The number of esters is 1. The van der Waals surface area contributed by atoms with Gasteiger partial charge < -0.3 is 10.1 Å². The van der Waals surface area contributed by atoms with E-state index < -0.39 is 8.07 Å². The maximum atomic E-state index is 11.5. The Morgan fingerprint density at radius 3 is 2.33 bits per heavy atom. The van der Waals surface area contributed by atoms with Crippen LogP contribution in [0.4, 0.5) is 5.69 Å². The Kier molecular flexibility index (Phi) is 7.51. The SMILES string of the molecule is CCOC(=O)c1ccc(NCCCCC[Si](C)(C)C)cc1. The van der Waals surface area contributed by atoms with Gasteiger partial charge in [0.2, 0.25) is 0 Å². The Morgan fingerprint density at radius 2 is 1.76 bits per heavy atom. The second-order valence-corrected chi connectivity index (χ2v) is 12.2. The first-order valence-electron chi connectivity index (χ1n) is 7.93. The maximum absolute atomic E-state index is 11.5. The van der Waals surface area contributed by atoms with Crippen LogP contribution in [0.1, 0.15) is 36.5 Å². The number of carbonyl (C=O) groups is 1. The molecule has 0 aromatic heterocycles. The quantitative estimate of drug-likeness (QED) is 0.405. The van der Waals surface area contributed by atoms with Gasteiger partial charge in [-0.2, -0.15) is 0 Å². The van der Waals surface area contributed by atoms with E-state index in [1.165, 1.54) is 25.3 Å². The summed E-state index contributed by atoms with van der Waals surface area (Å²) in [5.41, 5.74) is 1.67. The van der Waals surface area contributed by atoms with Gasteiger partial charge in [0.05, 0.1) is 12.2 Å². The van der Waals surface area contributed by atoms with Gasteiger partial charge in [0, 0.05) is 20.3 Å². The van der Waals surface area contributed by atoms with Crippen LogP contribution in [-0.2, 0) is 4.74 Å². The van der Waals surface area contributed by atoms with Crippen molar-refractivity contribution in [1.82, 2.24) is 0 Å². The van der Waals surface area contributed by atoms with Gasteiger partial charge in [0.1, 0.15) is 0 Å². The van der Waals surface area contributed by atoms with E-state index in [0.717, 1.165) is 12.2 Å². The number of hydrogen-bond acceptors (Lipinski definition) is 3. The molecule has 0 atom stereocenters. The number of anilines is 1. The highest BCUT2D eigenvalue weighted by molar-refractivity contribution is 6.76. The third-order valence-electron chi connectivity index (χ3n) is 3.33. The Balaban J connectivity index is 2.22. The van der Waals surface area contributed by atoms with E-state index in [2.05, 4.69) is 25.0 Å². The highest BCUT2D eigenvalue weighted by Gasteiger charge is 2.11. The zero-order chi connectivity index (χ0) is 15.7. The van der Waals surface area contributed by atoms with Gasteiger partial charge in [0.15, 0.2) is 0 Å². The summed E-state index contributed by atoms with van der Waals surface area (Å²) >= 11 is 0. The molecule has 0 saturated heterocycles. The van der Waals surface area contributed by atoms with Crippen LogP contribution in [0.2, 0.25) is 25.7 Å². The fourth-order valence-electron chi connectivity index (χ4n) is 2.13. The van der Waals surface area contributed by atoms with Gasteiger partial charge in [-0.05, 0) is 37.6 Å². The number of unbranched alkanes of at least 4 members (excludes halogenated alkanes) is 2. The Bertz CT molecular complexity index is 423. The fraction of sp³-hybridized carbons (Fsp3) is 0.588. The third kappa shape index (κ3) is 7.90. The summed E-state index contributed by atoms with van der Waals surface area (Å²) in [5, 5.41) is 3.40. The molecular formula is C17H29NO2Si. The lowest BCUT2D eigenvalue weighted by atomic mass is 10.2. The van der Waals surface area contributed by atoms with Crippen LogP contribution in [0.25, 0.3) is 0 Å². The van der Waals surface area contributed by atoms with E-state index in [1.54, 1.807) is 0 Å². The minimum absolute atomic E-state index is 0.254. The second kappa shape index (κ2) is 8.88. The van der Waals surface area contributed by atoms with Crippen molar-refractivity contribution < 1.29 is 9.53 Å². The van der Waals surface area contributed by atoms with Crippen LogP contribution in [0.3, 0.4) is 0 Å². The molecule has 1 rings (SSSR count). The Morgan fingerprint density at radius 1 is 1.10 bits per heavy atom. The van der Waals surface area contributed by atoms with Crippen LogP contribution < -0.4 is 5.32 Å². The van der Waals surface area contributed by atoms with Crippen molar-refractivity contribution in [3.8, 4) is 0 Å². The van der Waals surface area contributed by atoms with E-state index in [9.17, 15) is 4.79 Å². The van der Waals surface area contributed by atoms with Crippen LogP contribution in [-0.4, -0.2) is 27.2 Å². The van der Waals surface area contributed by atoms with E-state index in [0.29, 0.717) is 12.2 Å². The first kappa shape index (κ1) is 17.8. The predicted molar refractivity (Wildman–Crippen MR) is 92.9 cm³/mol. The topological polar surface area (TPSA) is 38.3 Å². The zero-order valence-corrected chi connectivity index (χ0v) is 14.9. The fourth-order valence-corrected chi connectivity index (χ4v) is 3.44. The van der Waals surface area contributed by atoms with Crippen molar-refractivity contribution in [2.45, 2.75) is 51.9 Å². The lowest BCUT2D eigenvalue weighted by Gasteiger charge is -2.15. The molecule has 0 radical (unpaired) electrons. The highest BCUT2D eigenvalue weighted by atomic mass is 28.3.